The van der Waals surface area contributed by atoms with E-state index in [9.17, 15) is 24.2 Å². The Labute approximate surface area is 317 Å². The summed E-state index contributed by atoms with van der Waals surface area (Å²) in [5.41, 5.74) is 5.33. The Kier molecular flexibility index (Phi) is 36.2. The number of aliphatic hydroxyl groups is 1. The van der Waals surface area contributed by atoms with Crippen molar-refractivity contribution in [3.8, 4) is 0 Å². The second-order valence-corrected chi connectivity index (χ2v) is 15.1. The molecule has 0 aromatic carbocycles. The van der Waals surface area contributed by atoms with Crippen LogP contribution in [0.5, 0.6) is 0 Å². The van der Waals surface area contributed by atoms with Crippen molar-refractivity contribution in [1.82, 2.24) is 0 Å². The number of nitrogens with two attached hydrogens (primary N) is 1. The van der Waals surface area contributed by atoms with E-state index >= 15 is 0 Å². The molecule has 0 amide bonds. The quantitative estimate of drug-likeness (QED) is 0.0182. The molecule has 0 aromatic rings. The zero-order valence-electron chi connectivity index (χ0n) is 32.9. The number of unbranched alkanes of at least 4 members (excludes halogenated alkanes) is 18. The SMILES string of the molecule is CC/C=C/C/C=C/C=C/C(O)CCCCCCCC(=O)O[C@H](COC(=O)CCCCCCCCCCCCCCCCC)COP(=O)(O)OCCN. The van der Waals surface area contributed by atoms with Gasteiger partial charge in [-0.1, -0.05) is 166 Å². The molecule has 0 spiro atoms. The molecule has 52 heavy (non-hydrogen) atoms. The van der Waals surface area contributed by atoms with Crippen molar-refractivity contribution in [3.63, 3.8) is 0 Å². The molecule has 10 nitrogen and oxygen atoms in total. The summed E-state index contributed by atoms with van der Waals surface area (Å²) in [7, 11) is -4.40. The standard InChI is InChI=1S/C41H76NO9P/c1-3-5-7-9-11-12-13-14-15-16-17-18-20-24-28-32-40(44)48-36-39(37-50-52(46,47)49-35-34-42)51-41(45)33-29-25-21-23-27-31-38(43)30-26-22-19-10-8-6-4-2/h6,8,19,22,26,30,38-39,43H,3-5,7,9-18,20-21,23-25,27-29,31-37,42H2,1-2H3,(H,46,47)/b8-6+,22-19+,30-26+/t38?,39-/m1/s1. The Bertz CT molecular complexity index is 972. The summed E-state index contributed by atoms with van der Waals surface area (Å²) in [6.07, 6.45) is 36.2. The molecular weight excluding hydrogens is 681 g/mol. The Hall–Kier alpha value is -1.81. The van der Waals surface area contributed by atoms with Gasteiger partial charge in [-0.3, -0.25) is 18.6 Å². The van der Waals surface area contributed by atoms with Crippen LogP contribution in [0.25, 0.3) is 0 Å². The fourth-order valence-corrected chi connectivity index (χ4v) is 6.35. The molecule has 0 aliphatic rings. The first-order valence-corrected chi connectivity index (χ1v) is 22.1. The molecule has 3 atom stereocenters. The van der Waals surface area contributed by atoms with Gasteiger partial charge in [-0.05, 0) is 32.1 Å². The number of hydrogen-bond acceptors (Lipinski definition) is 9. The minimum atomic E-state index is -4.40. The number of carbonyl (C=O) groups excluding carboxylic acids is 2. The fraction of sp³-hybridized carbons (Fsp3) is 0.805. The van der Waals surface area contributed by atoms with Gasteiger partial charge in [-0.15, -0.1) is 0 Å². The smallest absolute Gasteiger partial charge is 0.462 e. The van der Waals surface area contributed by atoms with Crippen LogP contribution < -0.4 is 5.73 Å². The number of esters is 2. The summed E-state index contributed by atoms with van der Waals surface area (Å²) >= 11 is 0. The highest BCUT2D eigenvalue weighted by Crippen LogP contribution is 2.43. The lowest BCUT2D eigenvalue weighted by molar-refractivity contribution is -0.161. The van der Waals surface area contributed by atoms with Crippen molar-refractivity contribution in [2.24, 2.45) is 5.73 Å². The molecule has 304 valence electrons. The van der Waals surface area contributed by atoms with E-state index in [0.29, 0.717) is 12.8 Å². The third kappa shape index (κ3) is 36.5. The number of hydrogen-bond donors (Lipinski definition) is 3. The second kappa shape index (κ2) is 37.5. The maximum Gasteiger partial charge on any atom is 0.472 e. The van der Waals surface area contributed by atoms with Crippen LogP contribution in [0.15, 0.2) is 36.5 Å². The first kappa shape index (κ1) is 50.2. The van der Waals surface area contributed by atoms with Gasteiger partial charge < -0.3 is 25.2 Å². The molecule has 0 heterocycles. The van der Waals surface area contributed by atoms with E-state index in [4.69, 9.17) is 24.3 Å². The van der Waals surface area contributed by atoms with Crippen molar-refractivity contribution >= 4 is 19.8 Å². The largest absolute Gasteiger partial charge is 0.472 e. The monoisotopic (exact) mass is 758 g/mol. The summed E-state index contributed by atoms with van der Waals surface area (Å²) in [5.74, 6) is -0.902. The lowest BCUT2D eigenvalue weighted by Crippen LogP contribution is -2.29. The zero-order chi connectivity index (χ0) is 38.4. The molecule has 0 saturated heterocycles. The number of phosphoric acid groups is 1. The molecule has 2 unspecified atom stereocenters. The number of aliphatic hydroxyl groups excluding tert-OH is 1. The van der Waals surface area contributed by atoms with Gasteiger partial charge in [-0.25, -0.2) is 4.57 Å². The molecule has 0 rings (SSSR count). The minimum Gasteiger partial charge on any atom is -0.462 e. The number of rotatable bonds is 38. The Morgan fingerprint density at radius 2 is 1.21 bits per heavy atom. The predicted molar refractivity (Wildman–Crippen MR) is 212 cm³/mol. The van der Waals surface area contributed by atoms with E-state index in [-0.39, 0.29) is 32.6 Å². The van der Waals surface area contributed by atoms with Gasteiger partial charge >= 0.3 is 19.8 Å². The summed E-state index contributed by atoms with van der Waals surface area (Å²) in [4.78, 5) is 34.8. The molecule has 0 aromatic heterocycles. The highest BCUT2D eigenvalue weighted by Gasteiger charge is 2.26. The van der Waals surface area contributed by atoms with E-state index in [1.54, 1.807) is 6.08 Å². The van der Waals surface area contributed by atoms with E-state index in [1.165, 1.54) is 77.0 Å². The molecule has 0 radical (unpaired) electrons. The third-order valence-corrected chi connectivity index (χ3v) is 9.63. The Balaban J connectivity index is 4.26. The lowest BCUT2D eigenvalue weighted by Gasteiger charge is -2.19. The van der Waals surface area contributed by atoms with Gasteiger partial charge in [0.25, 0.3) is 0 Å². The number of allylic oxidation sites excluding steroid dienone is 5. The van der Waals surface area contributed by atoms with Crippen LogP contribution >= 0.6 is 7.82 Å². The first-order valence-electron chi connectivity index (χ1n) is 20.6. The van der Waals surface area contributed by atoms with Crippen molar-refractivity contribution in [3.05, 3.63) is 36.5 Å². The van der Waals surface area contributed by atoms with E-state index < -0.39 is 38.6 Å². The van der Waals surface area contributed by atoms with Gasteiger partial charge in [0.05, 0.1) is 19.3 Å². The number of carbonyl (C=O) groups is 2. The van der Waals surface area contributed by atoms with Gasteiger partial charge in [0.15, 0.2) is 6.10 Å². The molecule has 0 saturated carbocycles. The predicted octanol–water partition coefficient (Wildman–Crippen LogP) is 10.4. The minimum absolute atomic E-state index is 0.0376. The normalized spacial score (nSPS) is 14.3. The summed E-state index contributed by atoms with van der Waals surface area (Å²) in [6, 6.07) is 0. The lowest BCUT2D eigenvalue weighted by atomic mass is 10.0. The Morgan fingerprint density at radius 1 is 0.673 bits per heavy atom. The van der Waals surface area contributed by atoms with Gasteiger partial charge in [0.1, 0.15) is 6.61 Å². The van der Waals surface area contributed by atoms with E-state index in [0.717, 1.165) is 57.8 Å². The highest BCUT2D eigenvalue weighted by atomic mass is 31.2. The average molecular weight is 758 g/mol. The summed E-state index contributed by atoms with van der Waals surface area (Å²) in [5, 5.41) is 10.1. The molecular formula is C41H76NO9P. The maximum absolute atomic E-state index is 12.6. The van der Waals surface area contributed by atoms with E-state index in [2.05, 4.69) is 26.0 Å². The first-order chi connectivity index (χ1) is 25.2. The summed E-state index contributed by atoms with van der Waals surface area (Å²) < 4.78 is 32.7. The van der Waals surface area contributed by atoms with Crippen LogP contribution in [0.3, 0.4) is 0 Å². The molecule has 0 fully saturated rings. The topological polar surface area (TPSA) is 155 Å². The van der Waals surface area contributed by atoms with Crippen molar-refractivity contribution in [2.75, 3.05) is 26.4 Å². The van der Waals surface area contributed by atoms with Crippen LogP contribution in [-0.4, -0.2) is 60.5 Å². The zero-order valence-corrected chi connectivity index (χ0v) is 33.8. The van der Waals surface area contributed by atoms with Crippen molar-refractivity contribution in [2.45, 2.75) is 187 Å². The van der Waals surface area contributed by atoms with Crippen LogP contribution in [0.1, 0.15) is 174 Å². The van der Waals surface area contributed by atoms with Crippen molar-refractivity contribution < 1.29 is 42.7 Å². The van der Waals surface area contributed by atoms with Crippen LogP contribution in [0.4, 0.5) is 0 Å². The third-order valence-electron chi connectivity index (χ3n) is 8.64. The van der Waals surface area contributed by atoms with Gasteiger partial charge in [0, 0.05) is 19.4 Å². The average Bonchev–Trinajstić information content (AvgIpc) is 3.12. The summed E-state index contributed by atoms with van der Waals surface area (Å²) in [6.45, 7) is 3.49. The van der Waals surface area contributed by atoms with Gasteiger partial charge in [0.2, 0.25) is 0 Å². The van der Waals surface area contributed by atoms with Crippen LogP contribution in [0, 0.1) is 0 Å². The number of ether oxygens (including phenoxy) is 2. The van der Waals surface area contributed by atoms with Crippen LogP contribution in [-0.2, 0) is 32.7 Å². The fourth-order valence-electron chi connectivity index (χ4n) is 5.58. The van der Waals surface area contributed by atoms with Crippen molar-refractivity contribution in [1.29, 1.82) is 0 Å². The van der Waals surface area contributed by atoms with Gasteiger partial charge in [-0.2, -0.15) is 0 Å². The molecule has 0 bridgehead atoms. The molecule has 0 aliphatic carbocycles. The Morgan fingerprint density at radius 3 is 1.77 bits per heavy atom. The number of phosphoric ester groups is 1. The molecule has 0 aliphatic heterocycles. The molecule has 11 heteroatoms. The van der Waals surface area contributed by atoms with Crippen LogP contribution in [0.2, 0.25) is 0 Å². The second-order valence-electron chi connectivity index (χ2n) is 13.7. The maximum atomic E-state index is 12.6. The highest BCUT2D eigenvalue weighted by molar-refractivity contribution is 7.47. The van der Waals surface area contributed by atoms with E-state index in [1.807, 2.05) is 18.2 Å². The molecule has 4 N–H and O–H groups in total.